The van der Waals surface area contributed by atoms with Crippen LogP contribution in [0.5, 0.6) is 17.2 Å². The summed E-state index contributed by atoms with van der Waals surface area (Å²) in [6.45, 7) is 0. The van der Waals surface area contributed by atoms with Crippen LogP contribution in [0.25, 0.3) is 0 Å². The Hall–Kier alpha value is -2.90. The number of phenolic OH excluding ortho intramolecular Hbond substituents is 3. The lowest BCUT2D eigenvalue weighted by molar-refractivity contribution is -0.137. The van der Waals surface area contributed by atoms with Crippen LogP contribution < -0.4 is 5.32 Å². The van der Waals surface area contributed by atoms with Crippen molar-refractivity contribution in [3.8, 4) is 17.2 Å². The van der Waals surface area contributed by atoms with Gasteiger partial charge < -0.3 is 20.6 Å². The zero-order chi connectivity index (χ0) is 16.5. The molecule has 0 saturated carbocycles. The van der Waals surface area contributed by atoms with Gasteiger partial charge in [0, 0.05) is 5.69 Å². The molecule has 2 rings (SSSR count). The molecule has 5 nitrogen and oxygen atoms in total. The maximum absolute atomic E-state index is 12.4. The van der Waals surface area contributed by atoms with Crippen molar-refractivity contribution >= 4 is 11.6 Å². The Balaban J connectivity index is 2.21. The number of anilines is 1. The normalized spacial score (nSPS) is 11.2. The van der Waals surface area contributed by atoms with Crippen LogP contribution in [0.3, 0.4) is 0 Å². The van der Waals surface area contributed by atoms with E-state index in [9.17, 15) is 28.2 Å². The molecule has 0 atom stereocenters. The third-order valence-electron chi connectivity index (χ3n) is 2.84. The molecule has 0 spiro atoms. The van der Waals surface area contributed by atoms with Gasteiger partial charge in [-0.2, -0.15) is 13.2 Å². The highest BCUT2D eigenvalue weighted by atomic mass is 19.4. The van der Waals surface area contributed by atoms with E-state index in [1.54, 1.807) is 0 Å². The SMILES string of the molecule is O=C(Nc1ccc(C(F)(F)F)cc1)c1ccc(O)c(O)c1O. The van der Waals surface area contributed by atoms with Crippen LogP contribution in [-0.4, -0.2) is 21.2 Å². The molecule has 1 amide bonds. The zero-order valence-electron chi connectivity index (χ0n) is 10.8. The van der Waals surface area contributed by atoms with Gasteiger partial charge in [0.2, 0.25) is 5.75 Å². The quantitative estimate of drug-likeness (QED) is 0.641. The fraction of sp³-hybridized carbons (Fsp3) is 0.0714. The minimum Gasteiger partial charge on any atom is -0.504 e. The molecular formula is C14H10F3NO4. The summed E-state index contributed by atoms with van der Waals surface area (Å²) in [7, 11) is 0. The average molecular weight is 313 g/mol. The van der Waals surface area contributed by atoms with Crippen LogP contribution in [0.2, 0.25) is 0 Å². The van der Waals surface area contributed by atoms with Crippen LogP contribution in [0.4, 0.5) is 18.9 Å². The molecule has 0 saturated heterocycles. The standard InChI is InChI=1S/C14H10F3NO4/c15-14(16,17)7-1-3-8(4-2-7)18-13(22)9-5-6-10(19)12(21)11(9)20/h1-6,19-21H,(H,18,22). The molecule has 0 unspecified atom stereocenters. The van der Waals surface area contributed by atoms with Crippen molar-refractivity contribution < 1.29 is 33.3 Å². The van der Waals surface area contributed by atoms with Crippen molar-refractivity contribution in [2.45, 2.75) is 6.18 Å². The van der Waals surface area contributed by atoms with E-state index >= 15 is 0 Å². The van der Waals surface area contributed by atoms with Gasteiger partial charge in [-0.05, 0) is 36.4 Å². The Morgan fingerprint density at radius 1 is 0.909 bits per heavy atom. The fourth-order valence-electron chi connectivity index (χ4n) is 1.69. The smallest absolute Gasteiger partial charge is 0.416 e. The van der Waals surface area contributed by atoms with Gasteiger partial charge in [0.1, 0.15) is 0 Å². The van der Waals surface area contributed by atoms with Gasteiger partial charge in [-0.1, -0.05) is 0 Å². The van der Waals surface area contributed by atoms with Gasteiger partial charge in [-0.15, -0.1) is 0 Å². The number of halogens is 3. The molecule has 0 bridgehead atoms. The van der Waals surface area contributed by atoms with E-state index in [4.69, 9.17) is 5.11 Å². The first-order valence-electron chi connectivity index (χ1n) is 5.92. The molecule has 8 heteroatoms. The second kappa shape index (κ2) is 5.47. The lowest BCUT2D eigenvalue weighted by atomic mass is 10.1. The van der Waals surface area contributed by atoms with Crippen LogP contribution in [0, 0.1) is 0 Å². The summed E-state index contributed by atoms with van der Waals surface area (Å²) < 4.78 is 37.2. The Bertz CT molecular complexity index is 711. The zero-order valence-corrected chi connectivity index (χ0v) is 10.8. The Labute approximate surface area is 122 Å². The van der Waals surface area contributed by atoms with Gasteiger partial charge in [0.05, 0.1) is 11.1 Å². The summed E-state index contributed by atoms with van der Waals surface area (Å²) in [5.74, 6) is -3.15. The second-order valence-electron chi connectivity index (χ2n) is 4.36. The third kappa shape index (κ3) is 3.05. The van der Waals surface area contributed by atoms with Crippen molar-refractivity contribution in [2.24, 2.45) is 0 Å². The highest BCUT2D eigenvalue weighted by Crippen LogP contribution is 2.37. The van der Waals surface area contributed by atoms with Crippen molar-refractivity contribution in [3.05, 3.63) is 47.5 Å². The van der Waals surface area contributed by atoms with E-state index in [0.717, 1.165) is 36.4 Å². The van der Waals surface area contributed by atoms with Crippen molar-refractivity contribution in [1.82, 2.24) is 0 Å². The van der Waals surface area contributed by atoms with Crippen LogP contribution in [0.15, 0.2) is 36.4 Å². The Morgan fingerprint density at radius 2 is 1.50 bits per heavy atom. The van der Waals surface area contributed by atoms with Crippen LogP contribution in [-0.2, 0) is 6.18 Å². The van der Waals surface area contributed by atoms with E-state index in [0.29, 0.717) is 0 Å². The maximum Gasteiger partial charge on any atom is 0.416 e. The average Bonchev–Trinajstić information content (AvgIpc) is 2.44. The van der Waals surface area contributed by atoms with Crippen molar-refractivity contribution in [1.29, 1.82) is 0 Å². The van der Waals surface area contributed by atoms with Crippen molar-refractivity contribution in [3.63, 3.8) is 0 Å². The number of amides is 1. The molecule has 22 heavy (non-hydrogen) atoms. The minimum atomic E-state index is -4.48. The van der Waals surface area contributed by atoms with Crippen LogP contribution >= 0.6 is 0 Å². The number of carbonyl (C=O) groups is 1. The summed E-state index contributed by atoms with van der Waals surface area (Å²) in [6.07, 6.45) is -4.48. The Kier molecular flexibility index (Phi) is 3.85. The first-order chi connectivity index (χ1) is 10.2. The third-order valence-corrected chi connectivity index (χ3v) is 2.84. The highest BCUT2D eigenvalue weighted by molar-refractivity contribution is 6.06. The summed E-state index contributed by atoms with van der Waals surface area (Å²) in [5, 5.41) is 30.3. The number of aromatic hydroxyl groups is 3. The predicted molar refractivity (Wildman–Crippen MR) is 70.8 cm³/mol. The molecule has 0 radical (unpaired) electrons. The molecule has 2 aromatic carbocycles. The number of rotatable bonds is 2. The molecule has 0 aliphatic heterocycles. The topological polar surface area (TPSA) is 89.8 Å². The van der Waals surface area contributed by atoms with E-state index in [1.807, 2.05) is 0 Å². The first-order valence-corrected chi connectivity index (χ1v) is 5.92. The van der Waals surface area contributed by atoms with E-state index in [2.05, 4.69) is 5.32 Å². The number of phenols is 3. The van der Waals surface area contributed by atoms with Crippen LogP contribution in [0.1, 0.15) is 15.9 Å². The molecule has 0 heterocycles. The molecule has 0 fully saturated rings. The monoisotopic (exact) mass is 313 g/mol. The molecule has 4 N–H and O–H groups in total. The molecule has 2 aromatic rings. The first kappa shape index (κ1) is 15.5. The van der Waals surface area contributed by atoms with Gasteiger partial charge in [0.25, 0.3) is 5.91 Å². The van der Waals surface area contributed by atoms with E-state index in [-0.39, 0.29) is 11.3 Å². The molecule has 116 valence electrons. The lowest BCUT2D eigenvalue weighted by Crippen LogP contribution is -2.12. The summed E-state index contributed by atoms with van der Waals surface area (Å²) >= 11 is 0. The van der Waals surface area contributed by atoms with E-state index in [1.165, 1.54) is 0 Å². The lowest BCUT2D eigenvalue weighted by Gasteiger charge is -2.10. The van der Waals surface area contributed by atoms with Gasteiger partial charge >= 0.3 is 6.18 Å². The second-order valence-corrected chi connectivity index (χ2v) is 4.36. The van der Waals surface area contributed by atoms with Gasteiger partial charge in [0.15, 0.2) is 11.5 Å². The number of alkyl halides is 3. The number of hydrogen-bond acceptors (Lipinski definition) is 4. The number of benzene rings is 2. The van der Waals surface area contributed by atoms with Gasteiger partial charge in [-0.25, -0.2) is 0 Å². The molecular weight excluding hydrogens is 303 g/mol. The predicted octanol–water partition coefficient (Wildman–Crippen LogP) is 3.07. The summed E-state index contributed by atoms with van der Waals surface area (Å²) in [5.41, 5.74) is -1.13. The summed E-state index contributed by atoms with van der Waals surface area (Å²) in [4.78, 5) is 11.9. The largest absolute Gasteiger partial charge is 0.504 e. The highest BCUT2D eigenvalue weighted by Gasteiger charge is 2.30. The number of nitrogens with one attached hydrogen (secondary N) is 1. The molecule has 0 aromatic heterocycles. The van der Waals surface area contributed by atoms with Crippen molar-refractivity contribution in [2.75, 3.05) is 5.32 Å². The molecule has 0 aliphatic rings. The minimum absolute atomic E-state index is 0.0740. The maximum atomic E-state index is 12.4. The van der Waals surface area contributed by atoms with Gasteiger partial charge in [-0.3, -0.25) is 4.79 Å². The number of hydrogen-bond donors (Lipinski definition) is 4. The fourth-order valence-corrected chi connectivity index (χ4v) is 1.69. The number of carbonyl (C=O) groups excluding carboxylic acids is 1. The van der Waals surface area contributed by atoms with E-state index < -0.39 is 34.9 Å². The summed E-state index contributed by atoms with van der Waals surface area (Å²) in [6, 6.07) is 5.75. The Morgan fingerprint density at radius 3 is 2.05 bits per heavy atom. The molecule has 0 aliphatic carbocycles.